The van der Waals surface area contributed by atoms with E-state index >= 15 is 0 Å². The summed E-state index contributed by atoms with van der Waals surface area (Å²) < 4.78 is 1.71. The molecule has 0 atom stereocenters. The molecule has 0 unspecified atom stereocenters. The number of aliphatic imine (C=N–C) groups is 1. The number of hydrogen-bond donors (Lipinski definition) is 2. The van der Waals surface area contributed by atoms with Gasteiger partial charge in [-0.3, -0.25) is 0 Å². The van der Waals surface area contributed by atoms with Gasteiger partial charge >= 0.3 is 0 Å². The molecular weight excluding hydrogens is 367 g/mol. The molecule has 0 aliphatic heterocycles. The van der Waals surface area contributed by atoms with Gasteiger partial charge in [0.1, 0.15) is 12.7 Å². The van der Waals surface area contributed by atoms with Crippen molar-refractivity contribution in [2.45, 2.75) is 26.4 Å². The van der Waals surface area contributed by atoms with Gasteiger partial charge in [-0.05, 0) is 31.5 Å². The molecule has 0 radical (unpaired) electrons. The number of rotatable bonds is 4. The summed E-state index contributed by atoms with van der Waals surface area (Å²) in [5.41, 5.74) is 7.81. The summed E-state index contributed by atoms with van der Waals surface area (Å²) in [6.45, 7) is 4.60. The van der Waals surface area contributed by atoms with Crippen molar-refractivity contribution in [2.24, 2.45) is 10.7 Å². The molecule has 2 aromatic rings. The first-order chi connectivity index (χ1) is 9.15. The van der Waals surface area contributed by atoms with Gasteiger partial charge in [0.25, 0.3) is 0 Å². The molecule has 2 rings (SSSR count). The molecule has 6 nitrogen and oxygen atoms in total. The number of guanidine groups is 1. The fourth-order valence-corrected chi connectivity index (χ4v) is 1.61. The molecule has 0 aliphatic rings. The maximum absolute atomic E-state index is 5.75. The molecule has 108 valence electrons. The number of nitrogens with one attached hydrogen (secondary N) is 1. The second-order valence-corrected chi connectivity index (χ2v) is 4.51. The largest absolute Gasteiger partial charge is 0.370 e. The minimum atomic E-state index is 0. The molecule has 3 N–H and O–H groups in total. The van der Waals surface area contributed by atoms with Crippen molar-refractivity contribution >= 4 is 29.9 Å². The maximum atomic E-state index is 5.75. The third-order valence-corrected chi connectivity index (χ3v) is 2.49. The molecule has 0 fully saturated rings. The lowest BCUT2D eigenvalue weighted by Gasteiger charge is -2.08. The van der Waals surface area contributed by atoms with Crippen LogP contribution >= 0.6 is 24.0 Å². The molecule has 1 aromatic heterocycles. The van der Waals surface area contributed by atoms with Gasteiger partial charge in [0, 0.05) is 6.04 Å². The van der Waals surface area contributed by atoms with Gasteiger partial charge in [0.2, 0.25) is 0 Å². The van der Waals surface area contributed by atoms with Gasteiger partial charge in [-0.1, -0.05) is 12.1 Å². The lowest BCUT2D eigenvalue weighted by Crippen LogP contribution is -2.36. The Bertz CT molecular complexity index is 532. The lowest BCUT2D eigenvalue weighted by atomic mass is 10.2. The predicted octanol–water partition coefficient (Wildman–Crippen LogP) is 1.70. The van der Waals surface area contributed by atoms with Gasteiger partial charge in [0.15, 0.2) is 5.96 Å². The standard InChI is InChI=1S/C13H18N6.HI/c1-10(2)18-13(14)16-7-11-3-5-12(6-4-11)19-9-15-8-17-19;/h3-6,8-10H,7H2,1-2H3,(H3,14,16,18);1H. The average Bonchev–Trinajstić information content (AvgIpc) is 2.90. The quantitative estimate of drug-likeness (QED) is 0.476. The fourth-order valence-electron chi connectivity index (χ4n) is 1.61. The highest BCUT2D eigenvalue weighted by atomic mass is 127. The SMILES string of the molecule is CC(C)NC(N)=NCc1ccc(-n2cncn2)cc1.I. The molecule has 20 heavy (non-hydrogen) atoms. The maximum Gasteiger partial charge on any atom is 0.189 e. The van der Waals surface area contributed by atoms with E-state index in [-0.39, 0.29) is 24.0 Å². The highest BCUT2D eigenvalue weighted by molar-refractivity contribution is 14.0. The third-order valence-electron chi connectivity index (χ3n) is 2.49. The van der Waals surface area contributed by atoms with Gasteiger partial charge in [-0.15, -0.1) is 24.0 Å². The van der Waals surface area contributed by atoms with Crippen LogP contribution in [0.5, 0.6) is 0 Å². The van der Waals surface area contributed by atoms with Crippen LogP contribution in [0.15, 0.2) is 41.9 Å². The van der Waals surface area contributed by atoms with Gasteiger partial charge in [0.05, 0.1) is 12.2 Å². The zero-order valence-electron chi connectivity index (χ0n) is 11.5. The van der Waals surface area contributed by atoms with Crippen molar-refractivity contribution in [1.29, 1.82) is 0 Å². The number of nitrogens with zero attached hydrogens (tertiary/aromatic N) is 4. The van der Waals surface area contributed by atoms with Crippen LogP contribution in [-0.2, 0) is 6.54 Å². The molecular formula is C13H19IN6. The Morgan fingerprint density at radius 3 is 2.60 bits per heavy atom. The molecule has 0 bridgehead atoms. The number of hydrogen-bond acceptors (Lipinski definition) is 3. The summed E-state index contributed by atoms with van der Waals surface area (Å²) in [5, 5.41) is 7.12. The number of aromatic nitrogens is 3. The van der Waals surface area contributed by atoms with Crippen LogP contribution < -0.4 is 11.1 Å². The Morgan fingerprint density at radius 2 is 2.05 bits per heavy atom. The second-order valence-electron chi connectivity index (χ2n) is 4.51. The van der Waals surface area contributed by atoms with Crippen LogP contribution in [0.1, 0.15) is 19.4 Å². The van der Waals surface area contributed by atoms with Crippen LogP contribution in [0.25, 0.3) is 5.69 Å². The normalized spacial score (nSPS) is 11.2. The molecule has 0 aliphatic carbocycles. The molecule has 1 heterocycles. The molecule has 0 saturated carbocycles. The van der Waals surface area contributed by atoms with Crippen molar-refractivity contribution in [3.05, 3.63) is 42.5 Å². The van der Waals surface area contributed by atoms with E-state index in [1.807, 2.05) is 38.1 Å². The van der Waals surface area contributed by atoms with Gasteiger partial charge in [-0.2, -0.15) is 5.10 Å². The van der Waals surface area contributed by atoms with Gasteiger partial charge < -0.3 is 11.1 Å². The third kappa shape index (κ3) is 4.80. The molecule has 0 amide bonds. The first kappa shape index (κ1) is 16.4. The van der Waals surface area contributed by atoms with Crippen molar-refractivity contribution in [1.82, 2.24) is 20.1 Å². The highest BCUT2D eigenvalue weighted by Gasteiger charge is 1.98. The second kappa shape index (κ2) is 7.83. The first-order valence-corrected chi connectivity index (χ1v) is 6.15. The molecule has 0 spiro atoms. The Hall–Kier alpha value is -1.64. The van der Waals surface area contributed by atoms with Crippen molar-refractivity contribution in [2.75, 3.05) is 0 Å². The first-order valence-electron chi connectivity index (χ1n) is 6.15. The minimum absolute atomic E-state index is 0. The summed E-state index contributed by atoms with van der Waals surface area (Å²) in [7, 11) is 0. The van der Waals surface area contributed by atoms with Crippen LogP contribution in [-0.4, -0.2) is 26.8 Å². The van der Waals surface area contributed by atoms with Crippen LogP contribution in [0.4, 0.5) is 0 Å². The smallest absolute Gasteiger partial charge is 0.189 e. The predicted molar refractivity (Wildman–Crippen MR) is 90.4 cm³/mol. The minimum Gasteiger partial charge on any atom is -0.370 e. The van der Waals surface area contributed by atoms with E-state index in [9.17, 15) is 0 Å². The fraction of sp³-hybridized carbons (Fsp3) is 0.308. The Kier molecular flexibility index (Phi) is 6.43. The number of nitrogens with two attached hydrogens (primary N) is 1. The summed E-state index contributed by atoms with van der Waals surface area (Å²) in [6.07, 6.45) is 3.17. The van der Waals surface area contributed by atoms with Crippen molar-refractivity contribution in [3.8, 4) is 5.69 Å². The van der Waals surface area contributed by atoms with E-state index in [2.05, 4.69) is 20.4 Å². The zero-order chi connectivity index (χ0) is 13.7. The molecule has 7 heteroatoms. The van der Waals surface area contributed by atoms with E-state index in [0.29, 0.717) is 18.5 Å². The van der Waals surface area contributed by atoms with Crippen LogP contribution in [0.2, 0.25) is 0 Å². The Labute approximate surface area is 135 Å². The summed E-state index contributed by atoms with van der Waals surface area (Å²) >= 11 is 0. The number of halogens is 1. The lowest BCUT2D eigenvalue weighted by molar-refractivity contribution is 0.723. The summed E-state index contributed by atoms with van der Waals surface area (Å²) in [4.78, 5) is 8.19. The van der Waals surface area contributed by atoms with E-state index in [4.69, 9.17) is 5.73 Å². The zero-order valence-corrected chi connectivity index (χ0v) is 13.9. The van der Waals surface area contributed by atoms with E-state index in [1.165, 1.54) is 6.33 Å². The van der Waals surface area contributed by atoms with Crippen LogP contribution in [0, 0.1) is 0 Å². The van der Waals surface area contributed by atoms with E-state index in [1.54, 1.807) is 11.0 Å². The summed E-state index contributed by atoms with van der Waals surface area (Å²) in [5.74, 6) is 0.468. The molecule has 1 aromatic carbocycles. The monoisotopic (exact) mass is 386 g/mol. The van der Waals surface area contributed by atoms with Crippen molar-refractivity contribution < 1.29 is 0 Å². The Balaban J connectivity index is 0.00000200. The summed E-state index contributed by atoms with van der Waals surface area (Å²) in [6, 6.07) is 8.25. The molecule has 0 saturated heterocycles. The van der Waals surface area contributed by atoms with Crippen molar-refractivity contribution in [3.63, 3.8) is 0 Å². The average molecular weight is 386 g/mol. The number of benzene rings is 1. The highest BCUT2D eigenvalue weighted by Crippen LogP contribution is 2.08. The Morgan fingerprint density at radius 1 is 1.35 bits per heavy atom. The van der Waals surface area contributed by atoms with Gasteiger partial charge in [-0.25, -0.2) is 14.7 Å². The van der Waals surface area contributed by atoms with E-state index < -0.39 is 0 Å². The van der Waals surface area contributed by atoms with E-state index in [0.717, 1.165) is 11.3 Å². The topological polar surface area (TPSA) is 81.1 Å². The van der Waals surface area contributed by atoms with Crippen LogP contribution in [0.3, 0.4) is 0 Å².